The Kier molecular flexibility index (Phi) is 5.76. The minimum atomic E-state index is 0.267. The summed E-state index contributed by atoms with van der Waals surface area (Å²) >= 11 is 0. The van der Waals surface area contributed by atoms with Crippen LogP contribution in [0.4, 0.5) is 0 Å². The zero-order chi connectivity index (χ0) is 21.8. The van der Waals surface area contributed by atoms with Crippen LogP contribution in [-0.4, -0.2) is 7.11 Å². The molecule has 0 heterocycles. The lowest BCUT2D eigenvalue weighted by molar-refractivity contribution is 0.306. The van der Waals surface area contributed by atoms with Crippen molar-refractivity contribution in [3.8, 4) is 11.5 Å². The average molecular weight is 419 g/mol. The van der Waals surface area contributed by atoms with Gasteiger partial charge in [-0.15, -0.1) is 0 Å². The van der Waals surface area contributed by atoms with E-state index in [-0.39, 0.29) is 5.92 Å². The van der Waals surface area contributed by atoms with E-state index in [0.717, 1.165) is 17.9 Å². The second kappa shape index (κ2) is 9.15. The summed E-state index contributed by atoms with van der Waals surface area (Å²) in [5.41, 5.74) is 7.65. The van der Waals surface area contributed by atoms with Gasteiger partial charge in [0.1, 0.15) is 18.1 Å². The molecule has 4 aromatic rings. The molecule has 158 valence electrons. The molecule has 0 amide bonds. The number of hydrogen-bond acceptors (Lipinski definition) is 2. The molecule has 1 atom stereocenters. The summed E-state index contributed by atoms with van der Waals surface area (Å²) in [5, 5.41) is 0. The number of ether oxygens (including phenoxy) is 2. The minimum Gasteiger partial charge on any atom is -0.497 e. The molecular formula is C30H26O2. The Bertz CT molecular complexity index is 1210. The van der Waals surface area contributed by atoms with Crippen molar-refractivity contribution in [3.63, 3.8) is 0 Å². The minimum absolute atomic E-state index is 0.267. The van der Waals surface area contributed by atoms with Crippen LogP contribution in [-0.2, 0) is 6.61 Å². The summed E-state index contributed by atoms with van der Waals surface area (Å²) in [7, 11) is 1.73. The Morgan fingerprint density at radius 3 is 2.16 bits per heavy atom. The van der Waals surface area contributed by atoms with Crippen molar-refractivity contribution in [2.75, 3.05) is 7.11 Å². The van der Waals surface area contributed by atoms with E-state index < -0.39 is 0 Å². The molecule has 0 aliphatic heterocycles. The van der Waals surface area contributed by atoms with E-state index in [2.05, 4.69) is 84.9 Å². The van der Waals surface area contributed by atoms with Gasteiger partial charge in [0, 0.05) is 5.92 Å². The highest BCUT2D eigenvalue weighted by molar-refractivity contribution is 5.86. The van der Waals surface area contributed by atoms with E-state index in [9.17, 15) is 0 Å². The summed E-state index contributed by atoms with van der Waals surface area (Å²) in [6.45, 7) is 0.574. The lowest BCUT2D eigenvalue weighted by Crippen LogP contribution is -2.09. The molecule has 0 radical (unpaired) electrons. The number of fused-ring (bicyclic) bond motifs is 1. The fourth-order valence-corrected chi connectivity index (χ4v) is 4.38. The first-order valence-electron chi connectivity index (χ1n) is 11.0. The van der Waals surface area contributed by atoms with Gasteiger partial charge in [0.05, 0.1) is 7.11 Å². The molecule has 0 bridgehead atoms. The fourth-order valence-electron chi connectivity index (χ4n) is 4.38. The smallest absolute Gasteiger partial charge is 0.119 e. The third kappa shape index (κ3) is 4.31. The lowest BCUT2D eigenvalue weighted by Gasteiger charge is -2.27. The molecule has 4 aromatic carbocycles. The molecule has 0 saturated carbocycles. The van der Waals surface area contributed by atoms with Crippen molar-refractivity contribution < 1.29 is 9.47 Å². The Labute approximate surface area is 189 Å². The Hall–Kier alpha value is -3.78. The monoisotopic (exact) mass is 418 g/mol. The third-order valence-electron chi connectivity index (χ3n) is 6.10. The predicted octanol–water partition coefficient (Wildman–Crippen LogP) is 7.35. The molecular weight excluding hydrogens is 392 g/mol. The van der Waals surface area contributed by atoms with Crippen LogP contribution in [0.3, 0.4) is 0 Å². The van der Waals surface area contributed by atoms with Gasteiger partial charge in [0.15, 0.2) is 0 Å². The third-order valence-corrected chi connectivity index (χ3v) is 6.10. The van der Waals surface area contributed by atoms with Crippen LogP contribution >= 0.6 is 0 Å². The first-order valence-corrected chi connectivity index (χ1v) is 11.0. The summed E-state index contributed by atoms with van der Waals surface area (Å²) < 4.78 is 11.5. The van der Waals surface area contributed by atoms with Gasteiger partial charge in [-0.2, -0.15) is 0 Å². The van der Waals surface area contributed by atoms with Crippen molar-refractivity contribution in [2.24, 2.45) is 0 Å². The first kappa shape index (κ1) is 20.1. The largest absolute Gasteiger partial charge is 0.497 e. The number of rotatable bonds is 6. The van der Waals surface area contributed by atoms with E-state index in [1.165, 1.54) is 33.4 Å². The lowest BCUT2D eigenvalue weighted by atomic mass is 9.77. The number of hydrogen-bond donors (Lipinski definition) is 0. The Morgan fingerprint density at radius 1 is 0.750 bits per heavy atom. The first-order chi connectivity index (χ1) is 15.8. The van der Waals surface area contributed by atoms with Crippen LogP contribution in [0, 0.1) is 0 Å². The van der Waals surface area contributed by atoms with E-state index >= 15 is 0 Å². The van der Waals surface area contributed by atoms with Crippen molar-refractivity contribution in [3.05, 3.63) is 131 Å². The van der Waals surface area contributed by atoms with Gasteiger partial charge in [0.25, 0.3) is 0 Å². The van der Waals surface area contributed by atoms with Crippen LogP contribution in [0.5, 0.6) is 11.5 Å². The van der Waals surface area contributed by atoms with Crippen molar-refractivity contribution in [1.82, 2.24) is 0 Å². The van der Waals surface area contributed by atoms with Crippen LogP contribution in [0.1, 0.15) is 40.2 Å². The molecule has 1 aliphatic rings. The van der Waals surface area contributed by atoms with E-state index in [1.807, 2.05) is 24.3 Å². The Balaban J connectivity index is 1.43. The van der Waals surface area contributed by atoms with Gasteiger partial charge in [-0.3, -0.25) is 0 Å². The van der Waals surface area contributed by atoms with Gasteiger partial charge in [-0.1, -0.05) is 84.9 Å². The molecule has 0 spiro atoms. The van der Waals surface area contributed by atoms with E-state index in [0.29, 0.717) is 6.61 Å². The summed E-state index contributed by atoms with van der Waals surface area (Å²) in [6.07, 6.45) is 3.27. The highest BCUT2D eigenvalue weighted by atomic mass is 16.5. The molecule has 2 nitrogen and oxygen atoms in total. The molecule has 0 aromatic heterocycles. The maximum Gasteiger partial charge on any atom is 0.119 e. The second-order valence-electron chi connectivity index (χ2n) is 8.13. The van der Waals surface area contributed by atoms with Gasteiger partial charge in [-0.05, 0) is 64.1 Å². The molecule has 0 N–H and O–H groups in total. The number of methoxy groups -OCH3 is 1. The fraction of sp³-hybridized carbons (Fsp3) is 0.133. The van der Waals surface area contributed by atoms with Crippen LogP contribution in [0.2, 0.25) is 0 Å². The van der Waals surface area contributed by atoms with Gasteiger partial charge in [0.2, 0.25) is 0 Å². The second-order valence-corrected chi connectivity index (χ2v) is 8.13. The van der Waals surface area contributed by atoms with E-state index in [4.69, 9.17) is 9.47 Å². The zero-order valence-electron chi connectivity index (χ0n) is 18.2. The van der Waals surface area contributed by atoms with Crippen molar-refractivity contribution >= 4 is 11.6 Å². The maximum absolute atomic E-state index is 6.00. The SMILES string of the molecule is COc1ccc2c(c1)C(c1ccc(OCc3ccccc3)cc1)CC(c1ccccc1)=C2. The van der Waals surface area contributed by atoms with Crippen molar-refractivity contribution in [2.45, 2.75) is 18.9 Å². The normalized spacial score (nSPS) is 14.9. The van der Waals surface area contributed by atoms with Crippen molar-refractivity contribution in [1.29, 1.82) is 0 Å². The highest BCUT2D eigenvalue weighted by Gasteiger charge is 2.24. The average Bonchev–Trinajstić information content (AvgIpc) is 2.88. The highest BCUT2D eigenvalue weighted by Crippen LogP contribution is 2.43. The van der Waals surface area contributed by atoms with Crippen LogP contribution in [0.15, 0.2) is 103 Å². The number of allylic oxidation sites excluding steroid dienone is 1. The molecule has 1 unspecified atom stereocenters. The maximum atomic E-state index is 6.00. The number of benzene rings is 4. The summed E-state index contributed by atoms with van der Waals surface area (Å²) in [5.74, 6) is 2.05. The van der Waals surface area contributed by atoms with Crippen LogP contribution < -0.4 is 9.47 Å². The molecule has 5 rings (SSSR count). The summed E-state index contributed by atoms with van der Waals surface area (Å²) in [6, 6.07) is 35.9. The van der Waals surface area contributed by atoms with Gasteiger partial charge < -0.3 is 9.47 Å². The predicted molar refractivity (Wildman–Crippen MR) is 131 cm³/mol. The zero-order valence-corrected chi connectivity index (χ0v) is 18.2. The molecule has 1 aliphatic carbocycles. The molecule has 2 heteroatoms. The Morgan fingerprint density at radius 2 is 1.44 bits per heavy atom. The standard InChI is InChI=1S/C30H26O2/c1-31-28-17-14-25-18-26(23-10-6-3-7-11-23)19-29(30(25)20-28)24-12-15-27(16-13-24)32-21-22-8-4-2-5-9-22/h2-18,20,29H,19,21H2,1H3. The van der Waals surface area contributed by atoms with Gasteiger partial charge in [-0.25, -0.2) is 0 Å². The summed E-state index contributed by atoms with van der Waals surface area (Å²) in [4.78, 5) is 0. The van der Waals surface area contributed by atoms with Gasteiger partial charge >= 0.3 is 0 Å². The molecule has 32 heavy (non-hydrogen) atoms. The van der Waals surface area contributed by atoms with Crippen LogP contribution in [0.25, 0.3) is 11.6 Å². The molecule has 0 saturated heterocycles. The molecule has 0 fully saturated rings. The topological polar surface area (TPSA) is 18.5 Å². The quantitative estimate of drug-likeness (QED) is 0.326. The van der Waals surface area contributed by atoms with E-state index in [1.54, 1.807) is 7.11 Å².